The third-order valence-electron chi connectivity index (χ3n) is 4.43. The molecule has 0 aliphatic heterocycles. The maximum Gasteiger partial charge on any atom is 0.290 e. The molecule has 0 fully saturated rings. The average Bonchev–Trinajstić information content (AvgIpc) is 3.34. The summed E-state index contributed by atoms with van der Waals surface area (Å²) in [4.78, 5) is 31.5. The van der Waals surface area contributed by atoms with Gasteiger partial charge in [0.2, 0.25) is 11.7 Å². The summed E-state index contributed by atoms with van der Waals surface area (Å²) in [6.07, 6.45) is 1.95. The minimum Gasteiger partial charge on any atom is -0.455 e. The van der Waals surface area contributed by atoms with E-state index in [0.717, 1.165) is 11.3 Å². The van der Waals surface area contributed by atoms with Crippen LogP contribution in [0, 0.1) is 6.92 Å². The highest BCUT2D eigenvalue weighted by Crippen LogP contribution is 2.30. The first kappa shape index (κ1) is 16.7. The summed E-state index contributed by atoms with van der Waals surface area (Å²) in [6, 6.07) is 3.82. The number of aromatic nitrogens is 2. The Kier molecular flexibility index (Phi) is 4.20. The van der Waals surface area contributed by atoms with E-state index in [1.54, 1.807) is 14.0 Å². The Morgan fingerprint density at radius 3 is 2.96 bits per heavy atom. The first-order valence-corrected chi connectivity index (χ1v) is 9.20. The van der Waals surface area contributed by atoms with Crippen molar-refractivity contribution in [2.45, 2.75) is 32.7 Å². The van der Waals surface area contributed by atoms with Crippen molar-refractivity contribution in [2.75, 3.05) is 7.05 Å². The summed E-state index contributed by atoms with van der Waals surface area (Å²) < 4.78 is 11.0. The second-order valence-electron chi connectivity index (χ2n) is 6.28. The van der Waals surface area contributed by atoms with E-state index in [1.165, 1.54) is 16.2 Å². The summed E-state index contributed by atoms with van der Waals surface area (Å²) in [5.41, 5.74) is 1.19. The molecule has 0 atom stereocenters. The van der Waals surface area contributed by atoms with Crippen molar-refractivity contribution in [3.05, 3.63) is 46.1 Å². The highest BCUT2D eigenvalue weighted by Gasteiger charge is 2.30. The van der Waals surface area contributed by atoms with Crippen LogP contribution < -0.4 is 0 Å². The highest BCUT2D eigenvalue weighted by atomic mass is 32.1. The van der Waals surface area contributed by atoms with Crippen LogP contribution in [0.2, 0.25) is 0 Å². The fourth-order valence-electron chi connectivity index (χ4n) is 3.13. The van der Waals surface area contributed by atoms with Gasteiger partial charge in [-0.05, 0) is 24.8 Å². The lowest BCUT2D eigenvalue weighted by molar-refractivity contribution is 0.0734. The van der Waals surface area contributed by atoms with Gasteiger partial charge < -0.3 is 13.8 Å². The smallest absolute Gasteiger partial charge is 0.290 e. The number of amides is 1. The number of ketones is 1. The van der Waals surface area contributed by atoms with Crippen molar-refractivity contribution in [3.8, 4) is 10.7 Å². The Bertz CT molecular complexity index is 971. The number of fused-ring (bicyclic) bond motifs is 1. The van der Waals surface area contributed by atoms with Gasteiger partial charge in [-0.1, -0.05) is 11.2 Å². The van der Waals surface area contributed by atoms with Crippen LogP contribution in [-0.2, 0) is 13.0 Å². The van der Waals surface area contributed by atoms with E-state index < -0.39 is 0 Å². The first-order valence-electron chi connectivity index (χ1n) is 8.32. The lowest BCUT2D eigenvalue weighted by atomic mass is 9.94. The van der Waals surface area contributed by atoms with Crippen molar-refractivity contribution in [1.29, 1.82) is 0 Å². The SMILES string of the molecule is Cc1c(C(=O)N(C)Cc2nc(-c3cccs3)no2)oc2c1C(=O)CCC2. The van der Waals surface area contributed by atoms with E-state index in [9.17, 15) is 9.59 Å². The van der Waals surface area contributed by atoms with Crippen molar-refractivity contribution < 1.29 is 18.5 Å². The number of hydrogen-bond acceptors (Lipinski definition) is 7. The predicted octanol–water partition coefficient (Wildman–Crippen LogP) is 3.49. The molecule has 0 radical (unpaired) electrons. The molecule has 0 bridgehead atoms. The summed E-state index contributed by atoms with van der Waals surface area (Å²) in [7, 11) is 1.64. The number of carbonyl (C=O) groups excluding carboxylic acids is 2. The molecule has 1 aliphatic rings. The van der Waals surface area contributed by atoms with Gasteiger partial charge >= 0.3 is 0 Å². The Labute approximate surface area is 153 Å². The van der Waals surface area contributed by atoms with E-state index in [4.69, 9.17) is 8.94 Å². The molecule has 1 aliphatic carbocycles. The van der Waals surface area contributed by atoms with Gasteiger partial charge in [0.25, 0.3) is 5.91 Å². The Morgan fingerprint density at radius 1 is 1.38 bits per heavy atom. The molecule has 3 heterocycles. The molecule has 8 heteroatoms. The van der Waals surface area contributed by atoms with E-state index in [1.807, 2.05) is 17.5 Å². The Hall–Kier alpha value is -2.74. The zero-order chi connectivity index (χ0) is 18.3. The molecular weight excluding hydrogens is 354 g/mol. The summed E-state index contributed by atoms with van der Waals surface area (Å²) >= 11 is 1.52. The number of hydrogen-bond donors (Lipinski definition) is 0. The third-order valence-corrected chi connectivity index (χ3v) is 5.30. The highest BCUT2D eigenvalue weighted by molar-refractivity contribution is 7.13. The molecule has 4 rings (SSSR count). The second kappa shape index (κ2) is 6.53. The lowest BCUT2D eigenvalue weighted by Gasteiger charge is -2.13. The van der Waals surface area contributed by atoms with E-state index in [0.29, 0.717) is 41.4 Å². The first-order chi connectivity index (χ1) is 12.5. The molecule has 1 amide bonds. The molecule has 0 N–H and O–H groups in total. The van der Waals surface area contributed by atoms with Crippen molar-refractivity contribution in [1.82, 2.24) is 15.0 Å². The molecule has 0 unspecified atom stereocenters. The molecule has 134 valence electrons. The largest absolute Gasteiger partial charge is 0.455 e. The number of Topliss-reactive ketones (excluding diaryl/α,β-unsaturated/α-hetero) is 1. The number of furan rings is 1. The van der Waals surface area contributed by atoms with Gasteiger partial charge in [0.15, 0.2) is 11.5 Å². The predicted molar refractivity (Wildman–Crippen MR) is 94.1 cm³/mol. The summed E-state index contributed by atoms with van der Waals surface area (Å²) in [5, 5.41) is 5.88. The van der Waals surface area contributed by atoms with Gasteiger partial charge in [0.1, 0.15) is 12.3 Å². The number of aryl methyl sites for hydroxylation is 1. The van der Waals surface area contributed by atoms with Crippen LogP contribution in [0.3, 0.4) is 0 Å². The molecule has 0 saturated carbocycles. The van der Waals surface area contributed by atoms with Crippen LogP contribution in [0.1, 0.15) is 51.0 Å². The van der Waals surface area contributed by atoms with E-state index in [-0.39, 0.29) is 24.0 Å². The van der Waals surface area contributed by atoms with Crippen LogP contribution in [0.15, 0.2) is 26.5 Å². The molecule has 26 heavy (non-hydrogen) atoms. The monoisotopic (exact) mass is 371 g/mol. The van der Waals surface area contributed by atoms with Gasteiger partial charge in [-0.2, -0.15) is 4.98 Å². The molecular formula is C18H17N3O4S. The zero-order valence-corrected chi connectivity index (χ0v) is 15.3. The topological polar surface area (TPSA) is 89.4 Å². The Morgan fingerprint density at radius 2 is 2.23 bits per heavy atom. The number of thiophene rings is 1. The van der Waals surface area contributed by atoms with Gasteiger partial charge in [0.05, 0.1) is 10.4 Å². The van der Waals surface area contributed by atoms with Crippen molar-refractivity contribution >= 4 is 23.0 Å². The number of nitrogens with zero attached hydrogens (tertiary/aromatic N) is 3. The third kappa shape index (κ3) is 2.86. The van der Waals surface area contributed by atoms with Crippen LogP contribution in [0.25, 0.3) is 10.7 Å². The molecule has 3 aromatic heterocycles. The van der Waals surface area contributed by atoms with Crippen LogP contribution in [0.5, 0.6) is 0 Å². The standard InChI is InChI=1S/C18H17N3O4S/c1-10-15-11(22)5-3-6-12(15)24-16(10)18(23)21(2)9-14-19-17(20-25-14)13-7-4-8-26-13/h4,7-8H,3,5-6,9H2,1-2H3. The number of carbonyl (C=O) groups is 2. The van der Waals surface area contributed by atoms with Crippen LogP contribution in [-0.4, -0.2) is 33.8 Å². The quantitative estimate of drug-likeness (QED) is 0.697. The average molecular weight is 371 g/mol. The summed E-state index contributed by atoms with van der Waals surface area (Å²) in [5.74, 6) is 1.42. The van der Waals surface area contributed by atoms with Gasteiger partial charge in [-0.3, -0.25) is 9.59 Å². The van der Waals surface area contributed by atoms with Gasteiger partial charge in [0, 0.05) is 25.5 Å². The lowest BCUT2D eigenvalue weighted by Crippen LogP contribution is -2.26. The zero-order valence-electron chi connectivity index (χ0n) is 14.4. The van der Waals surface area contributed by atoms with E-state index >= 15 is 0 Å². The maximum absolute atomic E-state index is 12.8. The fraction of sp³-hybridized carbons (Fsp3) is 0.333. The maximum atomic E-state index is 12.8. The molecule has 0 spiro atoms. The van der Waals surface area contributed by atoms with Crippen molar-refractivity contribution in [3.63, 3.8) is 0 Å². The van der Waals surface area contributed by atoms with Crippen molar-refractivity contribution in [2.24, 2.45) is 0 Å². The minimum atomic E-state index is -0.305. The fourth-order valence-corrected chi connectivity index (χ4v) is 3.77. The second-order valence-corrected chi connectivity index (χ2v) is 7.23. The Balaban J connectivity index is 1.53. The van der Waals surface area contributed by atoms with Gasteiger partial charge in [-0.15, -0.1) is 11.3 Å². The molecule has 0 saturated heterocycles. The van der Waals surface area contributed by atoms with Crippen LogP contribution in [0.4, 0.5) is 0 Å². The normalized spacial score (nSPS) is 13.7. The van der Waals surface area contributed by atoms with Crippen LogP contribution >= 0.6 is 11.3 Å². The minimum absolute atomic E-state index is 0.0479. The van der Waals surface area contributed by atoms with Gasteiger partial charge in [-0.25, -0.2) is 0 Å². The molecule has 0 aromatic carbocycles. The molecule has 7 nitrogen and oxygen atoms in total. The van der Waals surface area contributed by atoms with E-state index in [2.05, 4.69) is 10.1 Å². The number of rotatable bonds is 4. The molecule has 3 aromatic rings. The summed E-state index contributed by atoms with van der Waals surface area (Å²) in [6.45, 7) is 1.92.